The fourth-order valence-electron chi connectivity index (χ4n) is 1.59. The van der Waals surface area contributed by atoms with E-state index in [0.29, 0.717) is 10.6 Å². The predicted octanol–water partition coefficient (Wildman–Crippen LogP) is 5.27. The molecule has 2 aromatic rings. The molecule has 0 heterocycles. The van der Waals surface area contributed by atoms with Crippen LogP contribution in [0.25, 0.3) is 0 Å². The SMILES string of the molecule is Cc1ccc(Br)c(C(=O)Nc2ccc(Cl)cc2I)c1. The Morgan fingerprint density at radius 2 is 2.00 bits per heavy atom. The number of hydrogen-bond donors (Lipinski definition) is 1. The van der Waals surface area contributed by atoms with E-state index in [9.17, 15) is 4.79 Å². The molecule has 0 aliphatic heterocycles. The van der Waals surface area contributed by atoms with Crippen molar-refractivity contribution < 1.29 is 4.79 Å². The van der Waals surface area contributed by atoms with Gasteiger partial charge >= 0.3 is 0 Å². The van der Waals surface area contributed by atoms with Gasteiger partial charge in [0.1, 0.15) is 0 Å². The van der Waals surface area contributed by atoms with Crippen molar-refractivity contribution in [2.75, 3.05) is 5.32 Å². The molecule has 0 unspecified atom stereocenters. The van der Waals surface area contributed by atoms with Crippen molar-refractivity contribution in [3.05, 3.63) is 60.6 Å². The van der Waals surface area contributed by atoms with Gasteiger partial charge in [-0.2, -0.15) is 0 Å². The Balaban J connectivity index is 2.28. The maximum atomic E-state index is 12.2. The number of rotatable bonds is 2. The van der Waals surface area contributed by atoms with Gasteiger partial charge < -0.3 is 5.32 Å². The maximum absolute atomic E-state index is 12.2. The number of hydrogen-bond acceptors (Lipinski definition) is 1. The summed E-state index contributed by atoms with van der Waals surface area (Å²) in [5.41, 5.74) is 2.41. The third-order valence-electron chi connectivity index (χ3n) is 2.55. The molecule has 0 saturated heterocycles. The molecule has 1 N–H and O–H groups in total. The first-order valence-electron chi connectivity index (χ1n) is 5.50. The van der Waals surface area contributed by atoms with Gasteiger partial charge in [0.15, 0.2) is 0 Å². The molecule has 0 radical (unpaired) electrons. The number of halogens is 3. The molecule has 2 rings (SSSR count). The average molecular weight is 451 g/mol. The Morgan fingerprint density at radius 1 is 1.26 bits per heavy atom. The molecule has 0 spiro atoms. The van der Waals surface area contributed by atoms with Gasteiger partial charge in [0.25, 0.3) is 5.91 Å². The second-order valence-corrected chi connectivity index (χ2v) is 6.51. The molecular formula is C14H10BrClINO. The van der Waals surface area contributed by atoms with Crippen LogP contribution < -0.4 is 5.32 Å². The van der Waals surface area contributed by atoms with Gasteiger partial charge in [0, 0.05) is 13.1 Å². The number of carbonyl (C=O) groups excluding carboxylic acids is 1. The van der Waals surface area contributed by atoms with Crippen LogP contribution in [0.2, 0.25) is 5.02 Å². The number of amides is 1. The zero-order valence-electron chi connectivity index (χ0n) is 10.0. The molecule has 0 saturated carbocycles. The molecule has 0 aliphatic rings. The summed E-state index contributed by atoms with van der Waals surface area (Å²) in [5.74, 6) is -0.143. The molecule has 2 nitrogen and oxygen atoms in total. The molecule has 5 heteroatoms. The maximum Gasteiger partial charge on any atom is 0.256 e. The summed E-state index contributed by atoms with van der Waals surface area (Å²) in [4.78, 5) is 12.2. The summed E-state index contributed by atoms with van der Waals surface area (Å²) in [7, 11) is 0. The minimum atomic E-state index is -0.143. The first kappa shape index (κ1) is 14.8. The van der Waals surface area contributed by atoms with E-state index in [4.69, 9.17) is 11.6 Å². The summed E-state index contributed by atoms with van der Waals surface area (Å²) in [6.45, 7) is 1.95. The van der Waals surface area contributed by atoms with E-state index in [1.54, 1.807) is 12.1 Å². The van der Waals surface area contributed by atoms with E-state index >= 15 is 0 Å². The van der Waals surface area contributed by atoms with Crippen LogP contribution in [0.4, 0.5) is 5.69 Å². The highest BCUT2D eigenvalue weighted by Gasteiger charge is 2.12. The highest BCUT2D eigenvalue weighted by Crippen LogP contribution is 2.24. The van der Waals surface area contributed by atoms with Crippen LogP contribution in [-0.4, -0.2) is 5.91 Å². The standard InChI is InChI=1S/C14H10BrClINO/c1-8-2-4-11(15)10(6-8)14(19)18-13-5-3-9(16)7-12(13)17/h2-7H,1H3,(H,18,19). The summed E-state index contributed by atoms with van der Waals surface area (Å²) >= 11 is 11.4. The molecule has 0 aromatic heterocycles. The minimum Gasteiger partial charge on any atom is -0.321 e. The van der Waals surface area contributed by atoms with Gasteiger partial charge in [-0.15, -0.1) is 0 Å². The monoisotopic (exact) mass is 449 g/mol. The summed E-state index contributed by atoms with van der Waals surface area (Å²) in [6, 6.07) is 11.0. The number of anilines is 1. The highest BCUT2D eigenvalue weighted by molar-refractivity contribution is 14.1. The van der Waals surface area contributed by atoms with Crippen molar-refractivity contribution in [2.24, 2.45) is 0 Å². The van der Waals surface area contributed by atoms with Crippen molar-refractivity contribution in [1.82, 2.24) is 0 Å². The molecule has 1 amide bonds. The Kier molecular flexibility index (Phi) is 4.86. The van der Waals surface area contributed by atoms with Gasteiger partial charge in [-0.1, -0.05) is 23.2 Å². The topological polar surface area (TPSA) is 29.1 Å². The Morgan fingerprint density at radius 3 is 2.68 bits per heavy atom. The van der Waals surface area contributed by atoms with E-state index in [1.165, 1.54) is 0 Å². The molecule has 0 bridgehead atoms. The lowest BCUT2D eigenvalue weighted by Gasteiger charge is -2.09. The smallest absolute Gasteiger partial charge is 0.256 e. The van der Waals surface area contributed by atoms with E-state index in [2.05, 4.69) is 43.8 Å². The van der Waals surface area contributed by atoms with Crippen LogP contribution in [0.5, 0.6) is 0 Å². The Labute approximate surface area is 138 Å². The molecular weight excluding hydrogens is 440 g/mol. The van der Waals surface area contributed by atoms with E-state index in [-0.39, 0.29) is 5.91 Å². The molecule has 0 aliphatic carbocycles. The largest absolute Gasteiger partial charge is 0.321 e. The zero-order chi connectivity index (χ0) is 14.0. The first-order chi connectivity index (χ1) is 8.97. The average Bonchev–Trinajstić information content (AvgIpc) is 2.35. The number of aryl methyl sites for hydroxylation is 1. The van der Waals surface area contributed by atoms with Gasteiger partial charge in [-0.05, 0) is 75.8 Å². The van der Waals surface area contributed by atoms with E-state index < -0.39 is 0 Å². The quantitative estimate of drug-likeness (QED) is 0.621. The third-order valence-corrected chi connectivity index (χ3v) is 4.36. The lowest BCUT2D eigenvalue weighted by molar-refractivity contribution is 0.102. The van der Waals surface area contributed by atoms with Crippen molar-refractivity contribution in [2.45, 2.75) is 6.92 Å². The van der Waals surface area contributed by atoms with E-state index in [0.717, 1.165) is 19.3 Å². The first-order valence-corrected chi connectivity index (χ1v) is 7.75. The molecule has 98 valence electrons. The normalized spacial score (nSPS) is 10.3. The zero-order valence-corrected chi connectivity index (χ0v) is 14.5. The lowest BCUT2D eigenvalue weighted by atomic mass is 10.1. The Bertz CT molecular complexity index is 645. The second-order valence-electron chi connectivity index (χ2n) is 4.06. The lowest BCUT2D eigenvalue weighted by Crippen LogP contribution is -2.13. The van der Waals surface area contributed by atoms with Crippen LogP contribution in [0.1, 0.15) is 15.9 Å². The van der Waals surface area contributed by atoms with Gasteiger partial charge in [-0.25, -0.2) is 0 Å². The van der Waals surface area contributed by atoms with Crippen LogP contribution in [-0.2, 0) is 0 Å². The summed E-state index contributed by atoms with van der Waals surface area (Å²) in [6.07, 6.45) is 0. The molecule has 2 aromatic carbocycles. The Hall–Kier alpha value is -0.590. The van der Waals surface area contributed by atoms with Crippen molar-refractivity contribution in [3.63, 3.8) is 0 Å². The van der Waals surface area contributed by atoms with Crippen molar-refractivity contribution in [1.29, 1.82) is 0 Å². The third kappa shape index (κ3) is 3.70. The van der Waals surface area contributed by atoms with Gasteiger partial charge in [-0.3, -0.25) is 4.79 Å². The fraction of sp³-hybridized carbons (Fsp3) is 0.0714. The summed E-state index contributed by atoms with van der Waals surface area (Å²) < 4.78 is 1.68. The number of carbonyl (C=O) groups is 1. The minimum absolute atomic E-state index is 0.143. The van der Waals surface area contributed by atoms with E-state index in [1.807, 2.05) is 31.2 Å². The molecule has 0 fully saturated rings. The van der Waals surface area contributed by atoms with Crippen molar-refractivity contribution in [3.8, 4) is 0 Å². The molecule has 0 atom stereocenters. The highest BCUT2D eigenvalue weighted by atomic mass is 127. The summed E-state index contributed by atoms with van der Waals surface area (Å²) in [5, 5.41) is 3.54. The fourth-order valence-corrected chi connectivity index (χ4v) is 3.03. The van der Waals surface area contributed by atoms with Crippen LogP contribution >= 0.6 is 50.1 Å². The number of nitrogens with one attached hydrogen (secondary N) is 1. The van der Waals surface area contributed by atoms with Gasteiger partial charge in [0.2, 0.25) is 0 Å². The van der Waals surface area contributed by atoms with Crippen LogP contribution in [0.15, 0.2) is 40.9 Å². The molecule has 19 heavy (non-hydrogen) atoms. The van der Waals surface area contributed by atoms with Crippen molar-refractivity contribution >= 4 is 61.7 Å². The second kappa shape index (κ2) is 6.24. The van der Waals surface area contributed by atoms with Crippen LogP contribution in [0.3, 0.4) is 0 Å². The van der Waals surface area contributed by atoms with Crippen LogP contribution in [0, 0.1) is 10.5 Å². The number of benzene rings is 2. The predicted molar refractivity (Wildman–Crippen MR) is 91.0 cm³/mol. The van der Waals surface area contributed by atoms with Gasteiger partial charge in [0.05, 0.1) is 11.3 Å².